The Morgan fingerprint density at radius 1 is 1.45 bits per heavy atom. The minimum Gasteiger partial charge on any atom is -0.375 e. The molecule has 0 aromatic carbocycles. The van der Waals surface area contributed by atoms with Gasteiger partial charge in [0, 0.05) is 30.6 Å². The van der Waals surface area contributed by atoms with Gasteiger partial charge in [-0.2, -0.15) is 0 Å². The lowest BCUT2D eigenvalue weighted by molar-refractivity contribution is -0.131. The lowest BCUT2D eigenvalue weighted by atomic mass is 9.84. The van der Waals surface area contributed by atoms with E-state index in [1.807, 2.05) is 23.2 Å². The van der Waals surface area contributed by atoms with Crippen molar-refractivity contribution in [2.75, 3.05) is 19.7 Å². The monoisotopic (exact) mass is 300 g/mol. The molecule has 0 radical (unpaired) electrons. The van der Waals surface area contributed by atoms with Gasteiger partial charge in [-0.3, -0.25) is 9.78 Å². The predicted molar refractivity (Wildman–Crippen MR) is 85.4 cm³/mol. The Kier molecular flexibility index (Phi) is 4.30. The predicted octanol–water partition coefficient (Wildman–Crippen LogP) is 2.60. The van der Waals surface area contributed by atoms with Gasteiger partial charge in [0.15, 0.2) is 0 Å². The summed E-state index contributed by atoms with van der Waals surface area (Å²) in [7, 11) is 0. The van der Waals surface area contributed by atoms with Gasteiger partial charge in [-0.1, -0.05) is 12.6 Å². The van der Waals surface area contributed by atoms with Gasteiger partial charge in [-0.15, -0.1) is 0 Å². The quantitative estimate of drug-likeness (QED) is 0.806. The Morgan fingerprint density at radius 3 is 2.86 bits per heavy atom. The van der Waals surface area contributed by atoms with E-state index in [-0.39, 0.29) is 11.5 Å². The van der Waals surface area contributed by atoms with Crippen LogP contribution in [0.15, 0.2) is 36.5 Å². The molecule has 1 unspecified atom stereocenters. The van der Waals surface area contributed by atoms with Gasteiger partial charge in [0.1, 0.15) is 0 Å². The molecule has 22 heavy (non-hydrogen) atoms. The minimum atomic E-state index is -0.0225. The number of hydrogen-bond donors (Lipinski definition) is 0. The maximum Gasteiger partial charge on any atom is 0.248 e. The highest BCUT2D eigenvalue weighted by Crippen LogP contribution is 2.39. The number of aromatic nitrogens is 1. The molecule has 1 aromatic heterocycles. The molecule has 0 N–H and O–H groups in total. The second kappa shape index (κ2) is 6.21. The Bertz CT molecular complexity index is 547. The lowest BCUT2D eigenvalue weighted by Crippen LogP contribution is -2.46. The fourth-order valence-electron chi connectivity index (χ4n) is 3.62. The number of carbonyl (C=O) groups excluding carboxylic acids is 1. The van der Waals surface area contributed by atoms with E-state index in [0.717, 1.165) is 51.1 Å². The first kappa shape index (κ1) is 15.2. The smallest absolute Gasteiger partial charge is 0.248 e. The third-order valence-electron chi connectivity index (χ3n) is 4.84. The van der Waals surface area contributed by atoms with Crippen LogP contribution < -0.4 is 0 Å². The first-order valence-corrected chi connectivity index (χ1v) is 8.07. The van der Waals surface area contributed by atoms with Gasteiger partial charge < -0.3 is 9.64 Å². The average Bonchev–Trinajstić information content (AvgIpc) is 2.91. The summed E-state index contributed by atoms with van der Waals surface area (Å²) in [5.41, 5.74) is 1.74. The molecule has 4 nitrogen and oxygen atoms in total. The molecule has 0 saturated carbocycles. The molecule has 2 fully saturated rings. The first-order chi connectivity index (χ1) is 10.6. The SMILES string of the molecule is C=C(C)C(=O)N1CCC2(CC1)CC(Cc1ccccn1)CO2. The zero-order valence-corrected chi connectivity index (χ0v) is 13.3. The summed E-state index contributed by atoms with van der Waals surface area (Å²) in [4.78, 5) is 18.3. The summed E-state index contributed by atoms with van der Waals surface area (Å²) in [6.45, 7) is 7.90. The molecule has 4 heteroatoms. The van der Waals surface area contributed by atoms with Crippen LogP contribution in [0, 0.1) is 5.92 Å². The average molecular weight is 300 g/mol. The number of likely N-dealkylation sites (tertiary alicyclic amines) is 1. The van der Waals surface area contributed by atoms with Crippen molar-refractivity contribution >= 4 is 5.91 Å². The highest BCUT2D eigenvalue weighted by atomic mass is 16.5. The Balaban J connectivity index is 1.55. The van der Waals surface area contributed by atoms with Crippen molar-refractivity contribution in [2.45, 2.75) is 38.2 Å². The van der Waals surface area contributed by atoms with Crippen molar-refractivity contribution in [1.82, 2.24) is 9.88 Å². The van der Waals surface area contributed by atoms with Crippen molar-refractivity contribution in [3.05, 3.63) is 42.2 Å². The van der Waals surface area contributed by atoms with Crippen LogP contribution >= 0.6 is 0 Å². The van der Waals surface area contributed by atoms with E-state index in [2.05, 4.69) is 17.6 Å². The largest absolute Gasteiger partial charge is 0.375 e. The van der Waals surface area contributed by atoms with E-state index in [0.29, 0.717) is 11.5 Å². The van der Waals surface area contributed by atoms with Crippen LogP contribution in [0.2, 0.25) is 0 Å². The molecule has 118 valence electrons. The fraction of sp³-hybridized carbons (Fsp3) is 0.556. The van der Waals surface area contributed by atoms with Crippen LogP contribution in [-0.2, 0) is 16.0 Å². The van der Waals surface area contributed by atoms with Crippen LogP contribution in [0.25, 0.3) is 0 Å². The molecule has 2 aliphatic heterocycles. The number of pyridine rings is 1. The summed E-state index contributed by atoms with van der Waals surface area (Å²) in [6, 6.07) is 6.07. The highest BCUT2D eigenvalue weighted by Gasteiger charge is 2.43. The number of hydrogen-bond acceptors (Lipinski definition) is 3. The van der Waals surface area contributed by atoms with Gasteiger partial charge in [-0.25, -0.2) is 0 Å². The third kappa shape index (κ3) is 3.22. The fourth-order valence-corrected chi connectivity index (χ4v) is 3.62. The van der Waals surface area contributed by atoms with E-state index in [9.17, 15) is 4.79 Å². The van der Waals surface area contributed by atoms with Crippen LogP contribution in [0.3, 0.4) is 0 Å². The molecule has 3 heterocycles. The third-order valence-corrected chi connectivity index (χ3v) is 4.84. The number of nitrogens with zero attached hydrogens (tertiary/aromatic N) is 2. The molecule has 1 amide bonds. The van der Waals surface area contributed by atoms with Crippen molar-refractivity contribution in [3.63, 3.8) is 0 Å². The molecule has 1 aromatic rings. The van der Waals surface area contributed by atoms with E-state index in [1.165, 1.54) is 0 Å². The van der Waals surface area contributed by atoms with Crippen LogP contribution in [0.1, 0.15) is 31.9 Å². The summed E-state index contributed by atoms with van der Waals surface area (Å²) in [5.74, 6) is 0.621. The molecule has 2 saturated heterocycles. The number of piperidine rings is 1. The lowest BCUT2D eigenvalue weighted by Gasteiger charge is -2.38. The van der Waals surface area contributed by atoms with E-state index in [4.69, 9.17) is 4.74 Å². The van der Waals surface area contributed by atoms with Gasteiger partial charge in [0.2, 0.25) is 5.91 Å². The van der Waals surface area contributed by atoms with Gasteiger partial charge in [0.05, 0.1) is 12.2 Å². The molecule has 1 spiro atoms. The van der Waals surface area contributed by atoms with Gasteiger partial charge >= 0.3 is 0 Å². The van der Waals surface area contributed by atoms with Crippen molar-refractivity contribution < 1.29 is 9.53 Å². The number of rotatable bonds is 3. The standard InChI is InChI=1S/C18H24N2O2/c1-14(2)17(21)20-9-6-18(7-10-20)12-15(13-22-18)11-16-5-3-4-8-19-16/h3-5,8,15H,1,6-7,9-13H2,2H3. The minimum absolute atomic E-state index is 0.0225. The van der Waals surface area contributed by atoms with Crippen LogP contribution in [0.5, 0.6) is 0 Å². The van der Waals surface area contributed by atoms with Crippen molar-refractivity contribution in [1.29, 1.82) is 0 Å². The zero-order chi connectivity index (χ0) is 15.6. The van der Waals surface area contributed by atoms with Crippen molar-refractivity contribution in [3.8, 4) is 0 Å². The molecule has 0 bridgehead atoms. The molecule has 3 rings (SSSR count). The van der Waals surface area contributed by atoms with E-state index < -0.39 is 0 Å². The van der Waals surface area contributed by atoms with Crippen LogP contribution in [-0.4, -0.2) is 41.1 Å². The zero-order valence-electron chi connectivity index (χ0n) is 13.3. The highest BCUT2D eigenvalue weighted by molar-refractivity contribution is 5.92. The second-order valence-electron chi connectivity index (χ2n) is 6.66. The normalized spacial score (nSPS) is 23.7. The first-order valence-electron chi connectivity index (χ1n) is 8.07. The Hall–Kier alpha value is -1.68. The van der Waals surface area contributed by atoms with E-state index in [1.54, 1.807) is 6.92 Å². The molecule has 1 atom stereocenters. The second-order valence-corrected chi connectivity index (χ2v) is 6.66. The topological polar surface area (TPSA) is 42.4 Å². The summed E-state index contributed by atoms with van der Waals surface area (Å²) < 4.78 is 6.17. The van der Waals surface area contributed by atoms with Crippen LogP contribution in [0.4, 0.5) is 0 Å². The van der Waals surface area contributed by atoms with Gasteiger partial charge in [-0.05, 0) is 50.7 Å². The summed E-state index contributed by atoms with van der Waals surface area (Å²) >= 11 is 0. The Morgan fingerprint density at radius 2 is 2.23 bits per heavy atom. The van der Waals surface area contributed by atoms with Crippen molar-refractivity contribution in [2.24, 2.45) is 5.92 Å². The molecular weight excluding hydrogens is 276 g/mol. The molecule has 0 aliphatic carbocycles. The number of carbonyl (C=O) groups is 1. The maximum absolute atomic E-state index is 12.0. The Labute approximate surface area is 132 Å². The molecular formula is C18H24N2O2. The maximum atomic E-state index is 12.0. The molecule has 2 aliphatic rings. The van der Waals surface area contributed by atoms with E-state index >= 15 is 0 Å². The number of ether oxygens (including phenoxy) is 1. The van der Waals surface area contributed by atoms with Gasteiger partial charge in [0.25, 0.3) is 0 Å². The summed E-state index contributed by atoms with van der Waals surface area (Å²) in [5, 5.41) is 0. The summed E-state index contributed by atoms with van der Waals surface area (Å²) in [6.07, 6.45) is 5.79. The number of amides is 1.